The standard InChI is InChI=1S/C20H25NOS/c1-2-3-4-5-6-9-14-22-16-12-13-18-20(15-16)23-19-11-8-7-10-17(19)21-18/h7-8,10-13,15,21H,2-6,9,14H2,1H3. The zero-order valence-electron chi connectivity index (χ0n) is 13.8. The molecule has 0 saturated heterocycles. The van der Waals surface area contributed by atoms with E-state index in [4.69, 9.17) is 4.74 Å². The predicted molar refractivity (Wildman–Crippen MR) is 99.2 cm³/mol. The molecule has 0 bridgehead atoms. The van der Waals surface area contributed by atoms with E-state index in [1.54, 1.807) is 11.8 Å². The number of nitrogens with one attached hydrogen (secondary N) is 1. The first-order chi connectivity index (χ1) is 11.4. The third-order valence-electron chi connectivity index (χ3n) is 4.10. The van der Waals surface area contributed by atoms with Gasteiger partial charge in [-0.2, -0.15) is 0 Å². The van der Waals surface area contributed by atoms with E-state index < -0.39 is 0 Å². The molecule has 0 saturated carbocycles. The molecule has 1 aliphatic rings. The molecule has 2 aromatic carbocycles. The summed E-state index contributed by atoms with van der Waals surface area (Å²) in [7, 11) is 0. The van der Waals surface area contributed by atoms with Gasteiger partial charge in [0.15, 0.2) is 0 Å². The zero-order valence-corrected chi connectivity index (χ0v) is 14.6. The average Bonchev–Trinajstić information content (AvgIpc) is 2.59. The molecule has 2 nitrogen and oxygen atoms in total. The monoisotopic (exact) mass is 327 g/mol. The highest BCUT2D eigenvalue weighted by Crippen LogP contribution is 2.45. The van der Waals surface area contributed by atoms with E-state index in [-0.39, 0.29) is 0 Å². The summed E-state index contributed by atoms with van der Waals surface area (Å²) in [6.07, 6.45) is 7.77. The predicted octanol–water partition coefficient (Wildman–Crippen LogP) is 6.63. The number of fused-ring (bicyclic) bond motifs is 2. The van der Waals surface area contributed by atoms with Crippen LogP contribution >= 0.6 is 11.8 Å². The van der Waals surface area contributed by atoms with Crippen LogP contribution in [0.3, 0.4) is 0 Å². The fraction of sp³-hybridized carbons (Fsp3) is 0.400. The van der Waals surface area contributed by atoms with Gasteiger partial charge in [0.1, 0.15) is 5.75 Å². The summed E-state index contributed by atoms with van der Waals surface area (Å²) in [6.45, 7) is 3.07. The van der Waals surface area contributed by atoms with Crippen molar-refractivity contribution in [3.63, 3.8) is 0 Å². The van der Waals surface area contributed by atoms with E-state index in [0.717, 1.165) is 18.8 Å². The minimum atomic E-state index is 0.819. The molecule has 3 rings (SSSR count). The summed E-state index contributed by atoms with van der Waals surface area (Å²) in [6, 6.07) is 14.8. The lowest BCUT2D eigenvalue weighted by Gasteiger charge is -2.21. The minimum absolute atomic E-state index is 0.819. The van der Waals surface area contributed by atoms with Crippen molar-refractivity contribution in [2.75, 3.05) is 11.9 Å². The Balaban J connectivity index is 1.50. The van der Waals surface area contributed by atoms with E-state index >= 15 is 0 Å². The van der Waals surface area contributed by atoms with Gasteiger partial charge in [0, 0.05) is 9.79 Å². The molecular weight excluding hydrogens is 302 g/mol. The molecule has 3 heteroatoms. The molecule has 0 aromatic heterocycles. The highest BCUT2D eigenvalue weighted by molar-refractivity contribution is 7.99. The number of benzene rings is 2. The Kier molecular flexibility index (Phi) is 5.87. The van der Waals surface area contributed by atoms with Crippen LogP contribution in [-0.2, 0) is 0 Å². The van der Waals surface area contributed by atoms with Crippen molar-refractivity contribution in [2.24, 2.45) is 0 Å². The SMILES string of the molecule is CCCCCCCCOc1ccc2c(c1)Sc1ccccc1N2. The van der Waals surface area contributed by atoms with Crippen LogP contribution in [-0.4, -0.2) is 6.61 Å². The molecule has 0 aliphatic carbocycles. The number of rotatable bonds is 8. The second kappa shape index (κ2) is 8.30. The van der Waals surface area contributed by atoms with Crippen molar-refractivity contribution < 1.29 is 4.74 Å². The van der Waals surface area contributed by atoms with Gasteiger partial charge in [0.2, 0.25) is 0 Å². The molecule has 0 unspecified atom stereocenters. The largest absolute Gasteiger partial charge is 0.494 e. The molecule has 1 N–H and O–H groups in total. The molecule has 0 radical (unpaired) electrons. The Morgan fingerprint density at radius 1 is 0.870 bits per heavy atom. The third kappa shape index (κ3) is 4.44. The number of hydrogen-bond acceptors (Lipinski definition) is 3. The number of para-hydroxylation sites is 1. The van der Waals surface area contributed by atoms with Crippen LogP contribution in [0, 0.1) is 0 Å². The summed E-state index contributed by atoms with van der Waals surface area (Å²) in [5.74, 6) is 0.978. The summed E-state index contributed by atoms with van der Waals surface area (Å²) in [5, 5.41) is 3.49. The Labute approximate surface area is 143 Å². The Morgan fingerprint density at radius 3 is 2.57 bits per heavy atom. The highest BCUT2D eigenvalue weighted by Gasteiger charge is 2.15. The van der Waals surface area contributed by atoms with Crippen LogP contribution in [0.1, 0.15) is 45.4 Å². The van der Waals surface area contributed by atoms with Gasteiger partial charge < -0.3 is 10.1 Å². The normalized spacial score (nSPS) is 12.2. The van der Waals surface area contributed by atoms with Gasteiger partial charge in [0.05, 0.1) is 18.0 Å². The molecule has 122 valence electrons. The van der Waals surface area contributed by atoms with Crippen LogP contribution in [0.5, 0.6) is 5.75 Å². The van der Waals surface area contributed by atoms with Crippen LogP contribution in [0.25, 0.3) is 0 Å². The lowest BCUT2D eigenvalue weighted by molar-refractivity contribution is 0.304. The van der Waals surface area contributed by atoms with Crippen LogP contribution < -0.4 is 10.1 Å². The average molecular weight is 327 g/mol. The quantitative estimate of drug-likeness (QED) is 0.469. The number of hydrogen-bond donors (Lipinski definition) is 1. The Bertz CT molecular complexity index is 641. The first-order valence-electron chi connectivity index (χ1n) is 8.67. The summed E-state index contributed by atoms with van der Waals surface area (Å²) >= 11 is 1.81. The molecule has 0 spiro atoms. The first kappa shape index (κ1) is 16.3. The van der Waals surface area contributed by atoms with E-state index in [1.807, 2.05) is 0 Å². The molecule has 23 heavy (non-hydrogen) atoms. The van der Waals surface area contributed by atoms with Crippen molar-refractivity contribution in [1.29, 1.82) is 0 Å². The van der Waals surface area contributed by atoms with E-state index in [0.29, 0.717) is 0 Å². The van der Waals surface area contributed by atoms with E-state index in [1.165, 1.54) is 53.3 Å². The summed E-state index contributed by atoms with van der Waals surface area (Å²) in [5.41, 5.74) is 2.35. The first-order valence-corrected chi connectivity index (χ1v) is 9.49. The number of unbranched alkanes of at least 4 members (excludes halogenated alkanes) is 5. The maximum absolute atomic E-state index is 5.93. The van der Waals surface area contributed by atoms with Gasteiger partial charge in [-0.1, -0.05) is 62.9 Å². The van der Waals surface area contributed by atoms with E-state index in [2.05, 4.69) is 54.7 Å². The third-order valence-corrected chi connectivity index (χ3v) is 5.23. The lowest BCUT2D eigenvalue weighted by Crippen LogP contribution is -2.01. The smallest absolute Gasteiger partial charge is 0.120 e. The van der Waals surface area contributed by atoms with Crippen molar-refractivity contribution >= 4 is 23.1 Å². The van der Waals surface area contributed by atoms with Gasteiger partial charge in [-0.25, -0.2) is 0 Å². The van der Waals surface area contributed by atoms with Crippen molar-refractivity contribution in [2.45, 2.75) is 55.2 Å². The molecular formula is C20H25NOS. The number of anilines is 2. The van der Waals surface area contributed by atoms with Gasteiger partial charge in [-0.3, -0.25) is 0 Å². The van der Waals surface area contributed by atoms with Gasteiger partial charge >= 0.3 is 0 Å². The fourth-order valence-corrected chi connectivity index (χ4v) is 3.79. The molecule has 0 amide bonds. The topological polar surface area (TPSA) is 21.3 Å². The van der Waals surface area contributed by atoms with Crippen LogP contribution in [0.15, 0.2) is 52.3 Å². The van der Waals surface area contributed by atoms with Crippen molar-refractivity contribution in [3.05, 3.63) is 42.5 Å². The van der Waals surface area contributed by atoms with Gasteiger partial charge in [-0.15, -0.1) is 0 Å². The molecule has 1 heterocycles. The maximum atomic E-state index is 5.93. The van der Waals surface area contributed by atoms with E-state index in [9.17, 15) is 0 Å². The van der Waals surface area contributed by atoms with Crippen LogP contribution in [0.4, 0.5) is 11.4 Å². The van der Waals surface area contributed by atoms with Gasteiger partial charge in [0.25, 0.3) is 0 Å². The Morgan fingerprint density at radius 2 is 1.65 bits per heavy atom. The molecule has 2 aromatic rings. The fourth-order valence-electron chi connectivity index (χ4n) is 2.78. The highest BCUT2D eigenvalue weighted by atomic mass is 32.2. The number of ether oxygens (including phenoxy) is 1. The summed E-state index contributed by atoms with van der Waals surface area (Å²) < 4.78 is 5.93. The van der Waals surface area contributed by atoms with Crippen molar-refractivity contribution in [1.82, 2.24) is 0 Å². The molecule has 0 fully saturated rings. The second-order valence-electron chi connectivity index (χ2n) is 6.00. The van der Waals surface area contributed by atoms with Gasteiger partial charge in [-0.05, 0) is 36.8 Å². The second-order valence-corrected chi connectivity index (χ2v) is 7.08. The summed E-state index contributed by atoms with van der Waals surface area (Å²) in [4.78, 5) is 2.51. The maximum Gasteiger partial charge on any atom is 0.120 e. The van der Waals surface area contributed by atoms with Crippen molar-refractivity contribution in [3.8, 4) is 5.75 Å². The zero-order chi connectivity index (χ0) is 15.9. The minimum Gasteiger partial charge on any atom is -0.494 e. The van der Waals surface area contributed by atoms with Crippen LogP contribution in [0.2, 0.25) is 0 Å². The molecule has 1 aliphatic heterocycles. The lowest BCUT2D eigenvalue weighted by atomic mass is 10.1. The molecule has 0 atom stereocenters. The Hall–Kier alpha value is -1.61.